The van der Waals surface area contributed by atoms with E-state index in [4.69, 9.17) is 0 Å². The van der Waals surface area contributed by atoms with Crippen molar-refractivity contribution in [2.75, 3.05) is 20.1 Å². The van der Waals surface area contributed by atoms with Gasteiger partial charge < -0.3 is 10.0 Å². The number of hydrogen-bond donors (Lipinski definition) is 1. The second-order valence-electron chi connectivity index (χ2n) is 6.37. The van der Waals surface area contributed by atoms with Crippen molar-refractivity contribution < 1.29 is 14.3 Å². The van der Waals surface area contributed by atoms with Crippen LogP contribution in [0.2, 0.25) is 0 Å². The number of rotatable bonds is 6. The van der Waals surface area contributed by atoms with E-state index >= 15 is 0 Å². The monoisotopic (exact) mass is 293 g/mol. The molecule has 21 heavy (non-hydrogen) atoms. The third-order valence-corrected chi connectivity index (χ3v) is 4.27. The molecule has 1 aromatic carbocycles. The van der Waals surface area contributed by atoms with Gasteiger partial charge >= 0.3 is 0 Å². The van der Waals surface area contributed by atoms with Crippen molar-refractivity contribution in [1.82, 2.24) is 4.90 Å². The maximum atomic E-state index is 13.7. The summed E-state index contributed by atoms with van der Waals surface area (Å²) in [6.45, 7) is 2.90. The van der Waals surface area contributed by atoms with E-state index < -0.39 is 11.4 Å². The minimum Gasteiger partial charge on any atom is -0.389 e. The Labute approximate surface area is 125 Å². The van der Waals surface area contributed by atoms with Crippen LogP contribution in [-0.4, -0.2) is 41.5 Å². The van der Waals surface area contributed by atoms with Crippen LogP contribution >= 0.6 is 0 Å². The van der Waals surface area contributed by atoms with Gasteiger partial charge in [-0.2, -0.15) is 0 Å². The summed E-state index contributed by atoms with van der Waals surface area (Å²) in [7, 11) is 1.90. The zero-order valence-corrected chi connectivity index (χ0v) is 12.8. The lowest BCUT2D eigenvalue weighted by atomic mass is 9.97. The van der Waals surface area contributed by atoms with Crippen LogP contribution in [-0.2, 0) is 0 Å². The molecule has 1 saturated carbocycles. The first-order chi connectivity index (χ1) is 9.91. The Hall–Kier alpha value is -1.26. The summed E-state index contributed by atoms with van der Waals surface area (Å²) < 4.78 is 13.7. The first-order valence-corrected chi connectivity index (χ1v) is 7.61. The number of Topliss-reactive ketones (excluding diaryl/α,β-unsaturated/α-hetero) is 1. The fourth-order valence-corrected chi connectivity index (χ4v) is 3.24. The Kier molecular flexibility index (Phi) is 5.12. The van der Waals surface area contributed by atoms with Gasteiger partial charge in [0.05, 0.1) is 11.2 Å². The molecule has 0 saturated heterocycles. The van der Waals surface area contributed by atoms with Gasteiger partial charge in [-0.25, -0.2) is 4.39 Å². The fourth-order valence-electron chi connectivity index (χ4n) is 3.24. The average Bonchev–Trinajstić information content (AvgIpc) is 2.84. The molecule has 0 amide bonds. The molecule has 1 atom stereocenters. The molecule has 1 N–H and O–H groups in total. The number of halogens is 1. The van der Waals surface area contributed by atoms with Gasteiger partial charge in [0.1, 0.15) is 5.82 Å². The summed E-state index contributed by atoms with van der Waals surface area (Å²) in [5.74, 6) is -0.943. The van der Waals surface area contributed by atoms with E-state index in [2.05, 4.69) is 0 Å². The third-order valence-electron chi connectivity index (χ3n) is 4.27. The average molecular weight is 293 g/mol. The summed E-state index contributed by atoms with van der Waals surface area (Å²) >= 11 is 0. The highest BCUT2D eigenvalue weighted by molar-refractivity contribution is 5.98. The van der Waals surface area contributed by atoms with Gasteiger partial charge in [-0.15, -0.1) is 0 Å². The molecule has 1 aliphatic rings. The molecular weight excluding hydrogens is 269 g/mol. The van der Waals surface area contributed by atoms with Crippen LogP contribution in [0.4, 0.5) is 4.39 Å². The second kappa shape index (κ2) is 6.67. The van der Waals surface area contributed by atoms with Crippen molar-refractivity contribution in [3.63, 3.8) is 0 Å². The SMILES string of the molecule is CC(CN(C)CC1(O)CCCC1)C(=O)c1ccccc1F. The van der Waals surface area contributed by atoms with E-state index in [0.717, 1.165) is 25.7 Å². The maximum absolute atomic E-state index is 13.7. The quantitative estimate of drug-likeness (QED) is 0.820. The molecule has 0 spiro atoms. The van der Waals surface area contributed by atoms with Gasteiger partial charge in [-0.05, 0) is 32.0 Å². The third kappa shape index (κ3) is 4.11. The van der Waals surface area contributed by atoms with Crippen molar-refractivity contribution in [3.05, 3.63) is 35.6 Å². The highest BCUT2D eigenvalue weighted by atomic mass is 19.1. The second-order valence-corrected chi connectivity index (χ2v) is 6.37. The smallest absolute Gasteiger partial charge is 0.169 e. The highest BCUT2D eigenvalue weighted by Gasteiger charge is 2.32. The number of carbonyl (C=O) groups excluding carboxylic acids is 1. The Morgan fingerprint density at radius 2 is 2.00 bits per heavy atom. The van der Waals surface area contributed by atoms with E-state index in [-0.39, 0.29) is 17.3 Å². The number of benzene rings is 1. The maximum Gasteiger partial charge on any atom is 0.169 e. The Morgan fingerprint density at radius 1 is 1.38 bits per heavy atom. The molecule has 0 radical (unpaired) electrons. The summed E-state index contributed by atoms with van der Waals surface area (Å²) in [5.41, 5.74) is -0.465. The molecule has 4 heteroatoms. The van der Waals surface area contributed by atoms with E-state index in [0.29, 0.717) is 13.1 Å². The summed E-state index contributed by atoms with van der Waals surface area (Å²) in [5, 5.41) is 10.4. The minimum absolute atomic E-state index is 0.151. The molecule has 0 aromatic heterocycles. The van der Waals surface area contributed by atoms with Gasteiger partial charge in [0.15, 0.2) is 5.78 Å². The number of carbonyl (C=O) groups is 1. The topological polar surface area (TPSA) is 40.5 Å². The van der Waals surface area contributed by atoms with Gasteiger partial charge in [0.2, 0.25) is 0 Å². The van der Waals surface area contributed by atoms with E-state index in [1.807, 2.05) is 18.9 Å². The number of hydrogen-bond acceptors (Lipinski definition) is 3. The molecule has 1 unspecified atom stereocenters. The van der Waals surface area contributed by atoms with Gasteiger partial charge in [-0.3, -0.25) is 4.79 Å². The zero-order valence-electron chi connectivity index (χ0n) is 12.8. The lowest BCUT2D eigenvalue weighted by Crippen LogP contribution is -2.41. The number of aliphatic hydroxyl groups is 1. The van der Waals surface area contributed by atoms with Crippen molar-refractivity contribution in [2.45, 2.75) is 38.2 Å². The highest BCUT2D eigenvalue weighted by Crippen LogP contribution is 2.30. The normalized spacial score (nSPS) is 18.9. The molecule has 1 aliphatic carbocycles. The van der Waals surface area contributed by atoms with Crippen LogP contribution in [0, 0.1) is 11.7 Å². The predicted molar refractivity (Wildman–Crippen MR) is 80.8 cm³/mol. The molecule has 1 fully saturated rings. The molecular formula is C17H24FNO2. The molecule has 3 nitrogen and oxygen atoms in total. The van der Waals surface area contributed by atoms with E-state index in [9.17, 15) is 14.3 Å². The lowest BCUT2D eigenvalue weighted by Gasteiger charge is -2.30. The van der Waals surface area contributed by atoms with Gasteiger partial charge in [0, 0.05) is 19.0 Å². The van der Waals surface area contributed by atoms with Crippen LogP contribution in [0.25, 0.3) is 0 Å². The number of likely N-dealkylation sites (N-methyl/N-ethyl adjacent to an activating group) is 1. The van der Waals surface area contributed by atoms with Crippen molar-refractivity contribution in [1.29, 1.82) is 0 Å². The zero-order chi connectivity index (χ0) is 15.5. The summed E-state index contributed by atoms with van der Waals surface area (Å²) in [6, 6.07) is 6.09. The van der Waals surface area contributed by atoms with Crippen molar-refractivity contribution >= 4 is 5.78 Å². The molecule has 0 bridgehead atoms. The Morgan fingerprint density at radius 3 is 2.62 bits per heavy atom. The van der Waals surface area contributed by atoms with Crippen LogP contribution < -0.4 is 0 Å². The molecule has 0 heterocycles. The van der Waals surface area contributed by atoms with Crippen molar-refractivity contribution in [2.24, 2.45) is 5.92 Å². The summed E-state index contributed by atoms with van der Waals surface area (Å²) in [4.78, 5) is 14.3. The predicted octanol–water partition coefficient (Wildman–Crippen LogP) is 2.88. The fraction of sp³-hybridized carbons (Fsp3) is 0.588. The largest absolute Gasteiger partial charge is 0.389 e. The summed E-state index contributed by atoms with van der Waals surface area (Å²) in [6.07, 6.45) is 3.78. The van der Waals surface area contributed by atoms with Gasteiger partial charge in [-0.1, -0.05) is 31.9 Å². The van der Waals surface area contributed by atoms with Crippen LogP contribution in [0.3, 0.4) is 0 Å². The minimum atomic E-state index is -0.616. The number of nitrogens with zero attached hydrogens (tertiary/aromatic N) is 1. The lowest BCUT2D eigenvalue weighted by molar-refractivity contribution is 0.0135. The Balaban J connectivity index is 1.93. The first kappa shape index (κ1) is 16.1. The number of ketones is 1. The molecule has 0 aliphatic heterocycles. The van der Waals surface area contributed by atoms with Gasteiger partial charge in [0.25, 0.3) is 0 Å². The molecule has 1 aromatic rings. The van der Waals surface area contributed by atoms with Crippen LogP contribution in [0.5, 0.6) is 0 Å². The van der Waals surface area contributed by atoms with Crippen molar-refractivity contribution in [3.8, 4) is 0 Å². The van der Waals surface area contributed by atoms with Crippen LogP contribution in [0.1, 0.15) is 43.0 Å². The first-order valence-electron chi connectivity index (χ1n) is 7.61. The standard InChI is InChI=1S/C17H24FNO2/c1-13(16(20)14-7-3-4-8-15(14)18)11-19(2)12-17(21)9-5-6-10-17/h3-4,7-8,13,21H,5-6,9-12H2,1-2H3. The van der Waals surface area contributed by atoms with E-state index in [1.54, 1.807) is 12.1 Å². The molecule has 2 rings (SSSR count). The Bertz CT molecular complexity index is 497. The van der Waals surface area contributed by atoms with E-state index in [1.165, 1.54) is 12.1 Å². The van der Waals surface area contributed by atoms with Crippen LogP contribution in [0.15, 0.2) is 24.3 Å². The molecule has 116 valence electrons.